The maximum Gasteiger partial charge on any atom is 0.249 e. The number of carbonyl (C=O) groups is 2. The van der Waals surface area contributed by atoms with Crippen LogP contribution in [0.15, 0.2) is 24.3 Å². The minimum atomic E-state index is -0.638. The smallest absolute Gasteiger partial charge is 0.249 e. The highest BCUT2D eigenvalue weighted by atomic mass is 16.5. The molecule has 1 aliphatic rings. The molecule has 2 N–H and O–H groups in total. The van der Waals surface area contributed by atoms with Gasteiger partial charge in [0.25, 0.3) is 0 Å². The fraction of sp³-hybridized carbons (Fsp3) is 0.652. The summed E-state index contributed by atoms with van der Waals surface area (Å²) in [6.07, 6.45) is 4.15. The Morgan fingerprint density at radius 2 is 1.90 bits per heavy atom. The molecular formula is C23H37N3O4. The molecule has 0 radical (unpaired) electrons. The van der Waals surface area contributed by atoms with Crippen molar-refractivity contribution in [2.75, 3.05) is 43.1 Å². The average molecular weight is 420 g/mol. The van der Waals surface area contributed by atoms with Crippen LogP contribution in [0.1, 0.15) is 52.9 Å². The Balaban J connectivity index is 1.94. The highest BCUT2D eigenvalue weighted by molar-refractivity contribution is 5.98. The number of hydrogen-bond donors (Lipinski definition) is 2. The topological polar surface area (TPSA) is 79.9 Å². The van der Waals surface area contributed by atoms with Gasteiger partial charge < -0.3 is 25.0 Å². The summed E-state index contributed by atoms with van der Waals surface area (Å²) in [4.78, 5) is 27.7. The zero-order valence-electron chi connectivity index (χ0n) is 18.6. The normalized spacial score (nSPS) is 15.6. The number of benzene rings is 1. The third-order valence-electron chi connectivity index (χ3n) is 5.23. The van der Waals surface area contributed by atoms with Crippen LogP contribution in [0, 0.1) is 0 Å². The van der Waals surface area contributed by atoms with E-state index in [0.29, 0.717) is 26.2 Å². The van der Waals surface area contributed by atoms with Crippen LogP contribution in [-0.4, -0.2) is 56.9 Å². The Bertz CT molecular complexity index is 662. The van der Waals surface area contributed by atoms with E-state index in [9.17, 15) is 9.59 Å². The molecule has 1 aliphatic heterocycles. The minimum Gasteiger partial charge on any atom is -0.379 e. The Morgan fingerprint density at radius 3 is 2.60 bits per heavy atom. The molecule has 0 saturated carbocycles. The lowest BCUT2D eigenvalue weighted by Gasteiger charge is -2.22. The number of unbranched alkanes of at least 4 members (excludes halogenated alkanes) is 1. The van der Waals surface area contributed by atoms with E-state index in [4.69, 9.17) is 9.47 Å². The van der Waals surface area contributed by atoms with E-state index in [0.717, 1.165) is 37.3 Å². The molecule has 2 rings (SSSR count). The number of carbonyl (C=O) groups excluding carboxylic acids is 2. The lowest BCUT2D eigenvalue weighted by atomic mass is 10.1. The average Bonchev–Trinajstić information content (AvgIpc) is 3.29. The van der Waals surface area contributed by atoms with Gasteiger partial charge in [0.1, 0.15) is 12.1 Å². The highest BCUT2D eigenvalue weighted by Gasteiger charge is 2.24. The summed E-state index contributed by atoms with van der Waals surface area (Å²) in [5.41, 5.74) is 1.87. The van der Waals surface area contributed by atoms with Crippen LogP contribution in [0.5, 0.6) is 0 Å². The first kappa shape index (κ1) is 24.2. The molecule has 0 aliphatic carbocycles. The molecule has 1 aromatic rings. The van der Waals surface area contributed by atoms with Gasteiger partial charge in [0.15, 0.2) is 0 Å². The summed E-state index contributed by atoms with van der Waals surface area (Å²) in [5, 5.41) is 5.83. The van der Waals surface area contributed by atoms with Crippen molar-refractivity contribution in [2.45, 2.75) is 65.0 Å². The summed E-state index contributed by atoms with van der Waals surface area (Å²) < 4.78 is 10.7. The maximum absolute atomic E-state index is 12.9. The molecule has 0 aromatic heterocycles. The van der Waals surface area contributed by atoms with Gasteiger partial charge in [0.2, 0.25) is 11.8 Å². The number of anilines is 2. The number of nitrogens with zero attached hydrogens (tertiary/aromatic N) is 1. The number of ether oxygens (including phenoxy) is 2. The van der Waals surface area contributed by atoms with Crippen LogP contribution in [0.25, 0.3) is 0 Å². The number of hydrogen-bond acceptors (Lipinski definition) is 5. The lowest BCUT2D eigenvalue weighted by molar-refractivity contribution is -0.135. The van der Waals surface area contributed by atoms with Crippen LogP contribution < -0.4 is 15.5 Å². The summed E-state index contributed by atoms with van der Waals surface area (Å²) >= 11 is 0. The second kappa shape index (κ2) is 13.2. The fourth-order valence-electron chi connectivity index (χ4n) is 3.46. The van der Waals surface area contributed by atoms with E-state index in [1.807, 2.05) is 25.1 Å². The van der Waals surface area contributed by atoms with Crippen molar-refractivity contribution < 1.29 is 19.1 Å². The standard InChI is InChI=1S/C23H37N3O4/c1-4-6-12-21(25-22(27)18(3)30-16-15-29-5-2)23(28)24-19-10-9-11-20(17-19)26-13-7-8-14-26/h9-11,17-18,21H,4-8,12-16H2,1-3H3,(H,24,28)(H,25,27). The Morgan fingerprint density at radius 1 is 1.13 bits per heavy atom. The summed E-state index contributed by atoms with van der Waals surface area (Å²) in [7, 11) is 0. The van der Waals surface area contributed by atoms with Crippen LogP contribution in [0.2, 0.25) is 0 Å². The van der Waals surface area contributed by atoms with Gasteiger partial charge in [-0.2, -0.15) is 0 Å². The monoisotopic (exact) mass is 419 g/mol. The van der Waals surface area contributed by atoms with Crippen molar-refractivity contribution in [3.05, 3.63) is 24.3 Å². The molecule has 2 atom stereocenters. The van der Waals surface area contributed by atoms with Gasteiger partial charge in [0.05, 0.1) is 13.2 Å². The number of amides is 2. The van der Waals surface area contributed by atoms with Gasteiger partial charge in [-0.25, -0.2) is 0 Å². The van der Waals surface area contributed by atoms with Gasteiger partial charge in [-0.05, 0) is 51.3 Å². The summed E-state index contributed by atoms with van der Waals surface area (Å²) in [6, 6.07) is 7.32. The van der Waals surface area contributed by atoms with E-state index in [-0.39, 0.29) is 11.8 Å². The molecule has 168 valence electrons. The fourth-order valence-corrected chi connectivity index (χ4v) is 3.46. The summed E-state index contributed by atoms with van der Waals surface area (Å²) in [6.45, 7) is 9.17. The van der Waals surface area contributed by atoms with Crippen molar-refractivity contribution in [2.24, 2.45) is 0 Å². The zero-order chi connectivity index (χ0) is 21.8. The third-order valence-corrected chi connectivity index (χ3v) is 5.23. The molecule has 7 heteroatoms. The van der Waals surface area contributed by atoms with Gasteiger partial charge in [-0.15, -0.1) is 0 Å². The first-order chi connectivity index (χ1) is 14.5. The second-order valence-electron chi connectivity index (χ2n) is 7.65. The van der Waals surface area contributed by atoms with Crippen LogP contribution in [0.3, 0.4) is 0 Å². The highest BCUT2D eigenvalue weighted by Crippen LogP contribution is 2.23. The van der Waals surface area contributed by atoms with Crippen molar-refractivity contribution in [3.8, 4) is 0 Å². The quantitative estimate of drug-likeness (QED) is 0.480. The number of nitrogens with one attached hydrogen (secondary N) is 2. The van der Waals surface area contributed by atoms with Crippen molar-refractivity contribution in [1.29, 1.82) is 0 Å². The van der Waals surface area contributed by atoms with Crippen LogP contribution in [0.4, 0.5) is 11.4 Å². The second-order valence-corrected chi connectivity index (χ2v) is 7.65. The third kappa shape index (κ3) is 7.95. The first-order valence-electron chi connectivity index (χ1n) is 11.2. The van der Waals surface area contributed by atoms with Crippen LogP contribution >= 0.6 is 0 Å². The van der Waals surface area contributed by atoms with Crippen molar-refractivity contribution in [3.63, 3.8) is 0 Å². The minimum absolute atomic E-state index is 0.197. The first-order valence-corrected chi connectivity index (χ1v) is 11.2. The molecule has 1 aromatic carbocycles. The molecule has 7 nitrogen and oxygen atoms in total. The molecule has 2 amide bonds. The Hall–Kier alpha value is -2.12. The Labute approximate surface area is 180 Å². The van der Waals surface area contributed by atoms with E-state index >= 15 is 0 Å². The Kier molecular flexibility index (Phi) is 10.7. The largest absolute Gasteiger partial charge is 0.379 e. The predicted molar refractivity (Wildman–Crippen MR) is 120 cm³/mol. The lowest BCUT2D eigenvalue weighted by Crippen LogP contribution is -2.47. The molecule has 1 heterocycles. The SMILES string of the molecule is CCCCC(NC(=O)C(C)OCCOCC)C(=O)Nc1cccc(N2CCCC2)c1. The number of rotatable bonds is 13. The molecule has 0 spiro atoms. The molecular weight excluding hydrogens is 382 g/mol. The molecule has 30 heavy (non-hydrogen) atoms. The molecule has 1 saturated heterocycles. The molecule has 1 fully saturated rings. The molecule has 0 bridgehead atoms. The molecule has 2 unspecified atom stereocenters. The zero-order valence-corrected chi connectivity index (χ0v) is 18.6. The van der Waals surface area contributed by atoms with E-state index in [2.05, 4.69) is 28.5 Å². The van der Waals surface area contributed by atoms with Gasteiger partial charge >= 0.3 is 0 Å². The van der Waals surface area contributed by atoms with Gasteiger partial charge in [-0.1, -0.05) is 25.8 Å². The van der Waals surface area contributed by atoms with Crippen molar-refractivity contribution >= 4 is 23.2 Å². The van der Waals surface area contributed by atoms with Crippen molar-refractivity contribution in [1.82, 2.24) is 5.32 Å². The maximum atomic E-state index is 12.9. The van der Waals surface area contributed by atoms with Crippen LogP contribution in [-0.2, 0) is 19.1 Å². The van der Waals surface area contributed by atoms with Gasteiger partial charge in [0, 0.05) is 31.1 Å². The predicted octanol–water partition coefficient (Wildman–Crippen LogP) is 3.34. The van der Waals surface area contributed by atoms with Gasteiger partial charge in [-0.3, -0.25) is 9.59 Å². The van der Waals surface area contributed by atoms with E-state index in [1.165, 1.54) is 12.8 Å². The van der Waals surface area contributed by atoms with E-state index in [1.54, 1.807) is 6.92 Å². The summed E-state index contributed by atoms with van der Waals surface area (Å²) in [5.74, 6) is -0.481. The van der Waals surface area contributed by atoms with E-state index < -0.39 is 12.1 Å².